The second kappa shape index (κ2) is 38.2. The van der Waals surface area contributed by atoms with Gasteiger partial charge in [-0.1, -0.05) is 119 Å². The van der Waals surface area contributed by atoms with Gasteiger partial charge in [-0.2, -0.15) is 21.6 Å². The molecule has 0 unspecified atom stereocenters. The van der Waals surface area contributed by atoms with Crippen molar-refractivity contribution in [2.45, 2.75) is 175 Å². The zero-order chi connectivity index (χ0) is 70.1. The minimum atomic E-state index is -5.84. The molecule has 1 fully saturated rings. The Labute approximate surface area is 573 Å². The fourth-order valence-electron chi connectivity index (χ4n) is 9.53. The first-order valence-electron chi connectivity index (χ1n) is 32.2. The van der Waals surface area contributed by atoms with E-state index < -0.39 is 38.8 Å². The third-order valence-corrected chi connectivity index (χ3v) is 17.0. The van der Waals surface area contributed by atoms with Gasteiger partial charge in [0.1, 0.15) is 11.2 Å². The minimum absolute atomic E-state index is 0.00583. The number of benzene rings is 4. The molecular weight excluding hydrogens is 1340 g/mol. The molecule has 0 aromatic heterocycles. The SMILES string of the molecule is CN(C)CCCc1cccc(B2OC(C)(C)C(C)(C)O2)c1.CN(C)CCCc1cccc(Br)c1.C[C@H]1CC=C(OS(=O)(=O)C(F)(F)F)N(C(=O)OC(C)(C)C)C1.C[C@H]1CC=C(c2cccc(CCCN(C)C)c2)N(C(=O)OC(C)(C)C)C1.NCCCc1cccc(Br)c1. The Morgan fingerprint density at radius 3 is 1.41 bits per heavy atom. The topological polar surface area (TPSA) is 157 Å². The summed E-state index contributed by atoms with van der Waals surface area (Å²) in [6.07, 6.45) is 12.3. The molecule has 0 aliphatic carbocycles. The standard InChI is InChI=1S/C22H34N2O2.C17H28BNO2.C12H18F3NO5S.C11H16BrN.C9H12BrN/c1-17-12-13-20(24(16-17)21(25)26-22(2,3)4)19-11-7-9-18(15-19)10-8-14-23(5)6;1-16(2)17(3,4)21-18(20-16)15-11-7-9-14(13-15)10-8-12-19(5)6;1-8-5-6-9(21-22(18,19)12(13,14)15)16(7-8)10(17)20-11(2,3)4;1-13(2)8-4-6-10-5-3-7-11(12)9-10;10-9-5-1-3-8(7-9)4-2-6-11/h7,9,11,13,15,17H,8,10,12,14,16H2,1-6H3;7,9,11,13H,8,10,12H2,1-6H3;6,8H,5,7H2,1-4H3;3,5,7,9H,4,6,8H2,1-2H3;1,3,5,7H,2,4,6,11H2/t17-;;8-;;/m0.0../s1. The molecule has 3 heterocycles. The number of allylic oxidation sites excluding steroid dienone is 2. The molecule has 3 aliphatic rings. The fraction of sp³-hybridized carbons (Fsp3) is 0.577. The van der Waals surface area contributed by atoms with E-state index in [0.717, 1.165) is 103 Å². The van der Waals surface area contributed by atoms with Crippen LogP contribution in [0.2, 0.25) is 0 Å². The van der Waals surface area contributed by atoms with Crippen molar-refractivity contribution in [2.75, 3.05) is 81.6 Å². The Hall–Kier alpha value is -4.78. The first kappa shape index (κ1) is 82.5. The van der Waals surface area contributed by atoms with Crippen molar-refractivity contribution in [2.24, 2.45) is 17.6 Å². The van der Waals surface area contributed by atoms with Gasteiger partial charge in [0.2, 0.25) is 5.88 Å². The molecule has 2 amide bonds. The number of nitrogens with two attached hydrogens (primary N) is 1. The minimum Gasteiger partial charge on any atom is -0.443 e. The lowest BCUT2D eigenvalue weighted by Gasteiger charge is -2.34. The third kappa shape index (κ3) is 31.3. The largest absolute Gasteiger partial charge is 0.534 e. The van der Waals surface area contributed by atoms with E-state index in [1.165, 1.54) is 39.6 Å². The average Bonchev–Trinajstić information content (AvgIpc) is 1.68. The van der Waals surface area contributed by atoms with Crippen LogP contribution in [0, 0.1) is 11.8 Å². The van der Waals surface area contributed by atoms with Crippen LogP contribution in [0.25, 0.3) is 5.70 Å². The van der Waals surface area contributed by atoms with E-state index in [0.29, 0.717) is 12.5 Å². The molecule has 4 aromatic rings. The van der Waals surface area contributed by atoms with Crippen LogP contribution >= 0.6 is 31.9 Å². The van der Waals surface area contributed by atoms with Crippen molar-refractivity contribution in [3.05, 3.63) is 152 Å². The van der Waals surface area contributed by atoms with Gasteiger partial charge in [0, 0.05) is 22.0 Å². The molecule has 2 N–H and O–H groups in total. The molecule has 93 heavy (non-hydrogen) atoms. The van der Waals surface area contributed by atoms with Crippen LogP contribution in [0.3, 0.4) is 0 Å². The predicted octanol–water partition coefficient (Wildman–Crippen LogP) is 15.5. The number of ether oxygens (including phenoxy) is 2. The summed E-state index contributed by atoms with van der Waals surface area (Å²) < 4.78 is 88.7. The van der Waals surface area contributed by atoms with Crippen molar-refractivity contribution in [3.63, 3.8) is 0 Å². The smallest absolute Gasteiger partial charge is 0.443 e. The monoisotopic (exact) mass is 1450 g/mol. The second-order valence-electron chi connectivity index (χ2n) is 27.9. The molecule has 0 saturated carbocycles. The van der Waals surface area contributed by atoms with Gasteiger partial charge >= 0.3 is 34.9 Å². The molecule has 22 heteroatoms. The van der Waals surface area contributed by atoms with E-state index in [1.807, 2.05) is 26.8 Å². The van der Waals surface area contributed by atoms with Gasteiger partial charge in [-0.15, -0.1) is 0 Å². The van der Waals surface area contributed by atoms with Crippen LogP contribution in [-0.2, 0) is 58.8 Å². The van der Waals surface area contributed by atoms with E-state index in [-0.39, 0.29) is 43.3 Å². The molecule has 1 saturated heterocycles. The fourth-order valence-corrected chi connectivity index (χ4v) is 10.9. The van der Waals surface area contributed by atoms with Crippen molar-refractivity contribution in [1.29, 1.82) is 0 Å². The van der Waals surface area contributed by atoms with Crippen LogP contribution in [0.4, 0.5) is 22.8 Å². The normalized spacial score (nSPS) is 17.1. The van der Waals surface area contributed by atoms with Crippen molar-refractivity contribution in [1.82, 2.24) is 24.5 Å². The zero-order valence-corrected chi connectivity index (χ0v) is 62.7. The number of carbonyl (C=O) groups is 2. The molecule has 4 aromatic carbocycles. The first-order valence-corrected chi connectivity index (χ1v) is 35.2. The molecule has 0 bridgehead atoms. The maximum atomic E-state index is 12.7. The van der Waals surface area contributed by atoms with Gasteiger partial charge in [-0.05, 0) is 283 Å². The second-order valence-corrected chi connectivity index (χ2v) is 31.3. The van der Waals surface area contributed by atoms with Crippen molar-refractivity contribution < 1.29 is 54.1 Å². The van der Waals surface area contributed by atoms with Crippen LogP contribution < -0.4 is 11.2 Å². The Morgan fingerprint density at radius 2 is 0.989 bits per heavy atom. The number of alkyl halides is 3. The molecule has 520 valence electrons. The Kier molecular flexibility index (Phi) is 33.9. The van der Waals surface area contributed by atoms with Crippen LogP contribution in [0.1, 0.15) is 149 Å². The number of amides is 2. The van der Waals surface area contributed by atoms with E-state index in [2.05, 4.69) is 225 Å². The number of carbonyl (C=O) groups excluding carboxylic acids is 2. The lowest BCUT2D eigenvalue weighted by Crippen LogP contribution is -2.42. The molecule has 2 atom stereocenters. The summed E-state index contributed by atoms with van der Waals surface area (Å²) in [4.78, 5) is 33.9. The molecule has 3 aliphatic heterocycles. The van der Waals surface area contributed by atoms with Crippen LogP contribution in [0.5, 0.6) is 0 Å². The summed E-state index contributed by atoms with van der Waals surface area (Å²) in [5, 5.41) is 0. The van der Waals surface area contributed by atoms with E-state index >= 15 is 0 Å². The van der Waals surface area contributed by atoms with Crippen LogP contribution in [0.15, 0.2) is 124 Å². The van der Waals surface area contributed by atoms with Crippen LogP contribution in [-0.4, -0.2) is 162 Å². The summed E-state index contributed by atoms with van der Waals surface area (Å²) in [5.74, 6) is -0.326. The maximum absolute atomic E-state index is 12.7. The lowest BCUT2D eigenvalue weighted by atomic mass is 9.78. The molecular formula is C71H108BBr2F3N6O9S. The Balaban J connectivity index is 0.000000312. The van der Waals surface area contributed by atoms with Gasteiger partial charge in [0.15, 0.2) is 0 Å². The molecule has 0 spiro atoms. The zero-order valence-electron chi connectivity index (χ0n) is 58.7. The van der Waals surface area contributed by atoms with Gasteiger partial charge in [0.25, 0.3) is 0 Å². The maximum Gasteiger partial charge on any atom is 0.534 e. The molecule has 7 rings (SSSR count). The van der Waals surface area contributed by atoms with E-state index in [9.17, 15) is 31.2 Å². The molecule has 0 radical (unpaired) electrons. The third-order valence-electron chi connectivity index (χ3n) is 15.0. The Morgan fingerprint density at radius 1 is 0.602 bits per heavy atom. The van der Waals surface area contributed by atoms with Crippen molar-refractivity contribution >= 4 is 72.4 Å². The lowest BCUT2D eigenvalue weighted by molar-refractivity contribution is -0.0546. The van der Waals surface area contributed by atoms with E-state index in [1.54, 1.807) is 32.6 Å². The highest BCUT2D eigenvalue weighted by Crippen LogP contribution is 2.37. The van der Waals surface area contributed by atoms with Crippen molar-refractivity contribution in [3.8, 4) is 0 Å². The number of halogens is 5. The summed E-state index contributed by atoms with van der Waals surface area (Å²) in [5.41, 5.74) is 6.53. The summed E-state index contributed by atoms with van der Waals surface area (Å²) in [6.45, 7) is 27.6. The quantitative estimate of drug-likeness (QED) is 0.0538. The number of hydrogen-bond acceptors (Lipinski definition) is 13. The van der Waals surface area contributed by atoms with Gasteiger partial charge in [-0.25, -0.2) is 14.5 Å². The van der Waals surface area contributed by atoms with E-state index in [4.69, 9.17) is 24.5 Å². The number of hydrogen-bond donors (Lipinski definition) is 1. The average molecular weight is 1450 g/mol. The first-order chi connectivity index (χ1) is 43.1. The van der Waals surface area contributed by atoms with Gasteiger partial charge in [0.05, 0.1) is 16.9 Å². The Bertz CT molecular complexity index is 3100. The van der Waals surface area contributed by atoms with Gasteiger partial charge in [-0.3, -0.25) is 4.90 Å². The summed E-state index contributed by atoms with van der Waals surface area (Å²) in [7, 11) is 6.55. The summed E-state index contributed by atoms with van der Waals surface area (Å²) >= 11 is 6.90. The predicted molar refractivity (Wildman–Crippen MR) is 380 cm³/mol. The number of nitrogens with zero attached hydrogens (tertiary/aromatic N) is 5. The van der Waals surface area contributed by atoms with Gasteiger partial charge < -0.3 is 43.4 Å². The highest BCUT2D eigenvalue weighted by molar-refractivity contribution is 9.10. The number of aryl methyl sites for hydroxylation is 4. The molecule has 15 nitrogen and oxygen atoms in total. The summed E-state index contributed by atoms with van der Waals surface area (Å²) in [6, 6.07) is 34.0. The number of rotatable bonds is 19. The highest BCUT2D eigenvalue weighted by atomic mass is 79.9. The highest BCUT2D eigenvalue weighted by Gasteiger charge is 2.52.